The zero-order valence-electron chi connectivity index (χ0n) is 3.78. The summed E-state index contributed by atoms with van der Waals surface area (Å²) in [5.74, 6) is 0. The Kier molecular flexibility index (Phi) is 14.8. The molecule has 0 heterocycles. The average molecular weight is 131 g/mol. The number of rotatable bonds is 0. The van der Waals surface area contributed by atoms with Gasteiger partial charge in [-0.3, -0.25) is 0 Å². The number of aliphatic hydroxyl groups is 1. The molecule has 0 saturated carbocycles. The molecule has 0 aromatic rings. The number of halogens is 2. The zero-order valence-corrected chi connectivity index (χ0v) is 5.29. The molecule has 0 atom stereocenters. The molecule has 0 fully saturated rings. The van der Waals surface area contributed by atoms with Crippen LogP contribution in [0.25, 0.3) is 0 Å². The van der Waals surface area contributed by atoms with Gasteiger partial charge in [-0.2, -0.15) is 0 Å². The lowest BCUT2D eigenvalue weighted by atomic mass is 10.5. The Morgan fingerprint density at radius 1 is 1.33 bits per heavy atom. The molecule has 0 aliphatic carbocycles. The summed E-state index contributed by atoms with van der Waals surface area (Å²) in [6.45, 7) is 3.44. The van der Waals surface area contributed by atoms with Crippen LogP contribution in [-0.2, 0) is 0 Å². The van der Waals surface area contributed by atoms with Crippen LogP contribution >= 0.6 is 21.7 Å². The van der Waals surface area contributed by atoms with E-state index in [-0.39, 0.29) is 6.10 Å². The van der Waals surface area contributed by atoms with Crippen LogP contribution in [0.3, 0.4) is 0 Å². The van der Waals surface area contributed by atoms with E-state index in [0.717, 1.165) is 0 Å². The van der Waals surface area contributed by atoms with Gasteiger partial charge in [-0.15, -0.1) is 0 Å². The summed E-state index contributed by atoms with van der Waals surface area (Å²) < 4.78 is 0. The third-order valence-corrected chi connectivity index (χ3v) is 0. The SMILES string of the molecule is CC(C)O.ClCl. The summed E-state index contributed by atoms with van der Waals surface area (Å²) in [7, 11) is 8.22. The molecule has 0 aromatic heterocycles. The van der Waals surface area contributed by atoms with Crippen molar-refractivity contribution in [3.63, 3.8) is 0 Å². The predicted octanol–water partition coefficient (Wildman–Crippen LogP) is 1.77. The van der Waals surface area contributed by atoms with Crippen LogP contribution in [0, 0.1) is 0 Å². The van der Waals surface area contributed by atoms with Gasteiger partial charge < -0.3 is 5.11 Å². The Bertz CT molecular complexity index is 13.5. The van der Waals surface area contributed by atoms with Crippen molar-refractivity contribution in [2.24, 2.45) is 0 Å². The minimum absolute atomic E-state index is 0.167. The summed E-state index contributed by atoms with van der Waals surface area (Å²) in [4.78, 5) is 0. The van der Waals surface area contributed by atoms with Crippen molar-refractivity contribution in [2.75, 3.05) is 0 Å². The van der Waals surface area contributed by atoms with Crippen LogP contribution in [0.5, 0.6) is 0 Å². The maximum absolute atomic E-state index is 8.06. The van der Waals surface area contributed by atoms with E-state index >= 15 is 0 Å². The Hall–Kier alpha value is 0.540. The fraction of sp³-hybridized carbons (Fsp3) is 1.00. The fourth-order valence-corrected chi connectivity index (χ4v) is 0. The highest BCUT2D eigenvalue weighted by Crippen LogP contribution is 1.69. The molecule has 3 heteroatoms. The summed E-state index contributed by atoms with van der Waals surface area (Å²) in [5.41, 5.74) is 0. The van der Waals surface area contributed by atoms with E-state index in [1.165, 1.54) is 0 Å². The largest absolute Gasteiger partial charge is 0.394 e. The third kappa shape index (κ3) is 195. The molecule has 0 spiro atoms. The minimum Gasteiger partial charge on any atom is -0.394 e. The van der Waals surface area contributed by atoms with Gasteiger partial charge >= 0.3 is 0 Å². The van der Waals surface area contributed by atoms with E-state index in [9.17, 15) is 0 Å². The standard InChI is InChI=1S/C3H8O.Cl2/c1-3(2)4;1-2/h3-4H,1-2H3;. The summed E-state index contributed by atoms with van der Waals surface area (Å²) >= 11 is 0. The van der Waals surface area contributed by atoms with Gasteiger partial charge in [0.25, 0.3) is 0 Å². The van der Waals surface area contributed by atoms with Crippen LogP contribution in [0.4, 0.5) is 0 Å². The lowest BCUT2D eigenvalue weighted by molar-refractivity contribution is 0.216. The molecule has 0 radical (unpaired) electrons. The molecular weight excluding hydrogens is 123 g/mol. The molecule has 0 aliphatic rings. The first-order valence-electron chi connectivity index (χ1n) is 1.56. The van der Waals surface area contributed by atoms with Gasteiger partial charge in [-0.25, -0.2) is 0 Å². The molecule has 40 valence electrons. The van der Waals surface area contributed by atoms with Crippen molar-refractivity contribution in [3.8, 4) is 0 Å². The van der Waals surface area contributed by atoms with Crippen LogP contribution in [0.2, 0.25) is 0 Å². The maximum Gasteiger partial charge on any atom is 0.0483 e. The lowest BCUT2D eigenvalue weighted by Crippen LogP contribution is -1.85. The third-order valence-electron chi connectivity index (χ3n) is 0. The van der Waals surface area contributed by atoms with Crippen molar-refractivity contribution in [3.05, 3.63) is 0 Å². The minimum atomic E-state index is -0.167. The topological polar surface area (TPSA) is 20.2 Å². The van der Waals surface area contributed by atoms with Gasteiger partial charge in [0.1, 0.15) is 0 Å². The maximum atomic E-state index is 8.06. The van der Waals surface area contributed by atoms with E-state index in [1.54, 1.807) is 13.8 Å². The van der Waals surface area contributed by atoms with E-state index < -0.39 is 0 Å². The second-order valence-electron chi connectivity index (χ2n) is 1.09. The van der Waals surface area contributed by atoms with Crippen molar-refractivity contribution >= 4 is 21.7 Å². The molecular formula is C3H8Cl2O. The second-order valence-corrected chi connectivity index (χ2v) is 1.09. The Morgan fingerprint density at radius 2 is 1.33 bits per heavy atom. The molecule has 0 bridgehead atoms. The van der Waals surface area contributed by atoms with Crippen LogP contribution in [0.15, 0.2) is 0 Å². The fourth-order valence-electron chi connectivity index (χ4n) is 0. The first kappa shape index (κ1) is 9.74. The molecule has 6 heavy (non-hydrogen) atoms. The molecule has 0 amide bonds. The first-order valence-corrected chi connectivity index (χ1v) is 2.70. The van der Waals surface area contributed by atoms with E-state index in [4.69, 9.17) is 5.11 Å². The highest BCUT2D eigenvalue weighted by Gasteiger charge is 1.69. The van der Waals surface area contributed by atoms with Gasteiger partial charge in [-0.05, 0) is 13.8 Å². The zero-order chi connectivity index (χ0) is 5.58. The highest BCUT2D eigenvalue weighted by molar-refractivity contribution is 6.85. The van der Waals surface area contributed by atoms with Gasteiger partial charge in [0.15, 0.2) is 0 Å². The van der Waals surface area contributed by atoms with Crippen molar-refractivity contribution in [2.45, 2.75) is 20.0 Å². The van der Waals surface area contributed by atoms with Gasteiger partial charge in [0, 0.05) is 27.8 Å². The van der Waals surface area contributed by atoms with Crippen molar-refractivity contribution in [1.82, 2.24) is 0 Å². The van der Waals surface area contributed by atoms with Crippen LogP contribution < -0.4 is 0 Å². The molecule has 0 unspecified atom stereocenters. The Morgan fingerprint density at radius 3 is 1.33 bits per heavy atom. The normalized spacial score (nSPS) is 7.00. The molecule has 1 N–H and O–H groups in total. The second kappa shape index (κ2) is 9.11. The Balaban J connectivity index is 0. The summed E-state index contributed by atoms with van der Waals surface area (Å²) in [6, 6.07) is 0. The quantitative estimate of drug-likeness (QED) is 0.531. The van der Waals surface area contributed by atoms with Gasteiger partial charge in [0.2, 0.25) is 0 Å². The summed E-state index contributed by atoms with van der Waals surface area (Å²) in [5, 5.41) is 8.06. The monoisotopic (exact) mass is 130 g/mol. The van der Waals surface area contributed by atoms with Crippen molar-refractivity contribution in [1.29, 1.82) is 0 Å². The van der Waals surface area contributed by atoms with E-state index in [1.807, 2.05) is 0 Å². The molecule has 0 rings (SSSR count). The number of hydrogen-bond acceptors (Lipinski definition) is 1. The lowest BCUT2D eigenvalue weighted by Gasteiger charge is -1.80. The van der Waals surface area contributed by atoms with Gasteiger partial charge in [-0.1, -0.05) is 0 Å². The van der Waals surface area contributed by atoms with Crippen LogP contribution in [0.1, 0.15) is 13.8 Å². The number of hydrogen-bond donors (Lipinski definition) is 1. The summed E-state index contributed by atoms with van der Waals surface area (Å²) in [6.07, 6.45) is -0.167. The Labute approximate surface area is 47.5 Å². The van der Waals surface area contributed by atoms with E-state index in [2.05, 4.69) is 21.7 Å². The molecule has 0 saturated heterocycles. The molecule has 0 aliphatic heterocycles. The van der Waals surface area contributed by atoms with E-state index in [0.29, 0.717) is 0 Å². The van der Waals surface area contributed by atoms with Gasteiger partial charge in [0.05, 0.1) is 0 Å². The molecule has 1 nitrogen and oxygen atoms in total. The number of aliphatic hydroxyl groups excluding tert-OH is 1. The average Bonchev–Trinajstić information content (AvgIpc) is 1.41. The highest BCUT2D eigenvalue weighted by atomic mass is 36.5. The van der Waals surface area contributed by atoms with Crippen LogP contribution in [-0.4, -0.2) is 11.2 Å². The van der Waals surface area contributed by atoms with Crippen molar-refractivity contribution < 1.29 is 5.11 Å². The first-order chi connectivity index (χ1) is 2.73. The predicted molar refractivity (Wildman–Crippen MR) is 29.1 cm³/mol. The smallest absolute Gasteiger partial charge is 0.0483 e. The molecule has 0 aromatic carbocycles.